The minimum absolute atomic E-state index is 0.0793. The highest BCUT2D eigenvalue weighted by atomic mass is 16.4. The van der Waals surface area contributed by atoms with Crippen LogP contribution in [0.1, 0.15) is 44.1 Å². The smallest absolute Gasteiger partial charge is 0.320 e. The van der Waals surface area contributed by atoms with E-state index in [0.29, 0.717) is 13.0 Å². The van der Waals surface area contributed by atoms with E-state index in [0.717, 1.165) is 31.2 Å². The third-order valence-corrected chi connectivity index (χ3v) is 4.49. The average molecular weight is 336 g/mol. The molecule has 0 amide bonds. The highest BCUT2D eigenvalue weighted by molar-refractivity contribution is 5.73. The lowest BCUT2D eigenvalue weighted by molar-refractivity contribution is -0.140. The first-order chi connectivity index (χ1) is 11.4. The normalized spacial score (nSPS) is 17.2. The Bertz CT molecular complexity index is 513. The summed E-state index contributed by atoms with van der Waals surface area (Å²) in [6, 6.07) is 8.54. The summed E-state index contributed by atoms with van der Waals surface area (Å²) in [5.74, 6) is -1.67. The molecule has 24 heavy (non-hydrogen) atoms. The maximum atomic E-state index is 10.6. The van der Waals surface area contributed by atoms with Crippen molar-refractivity contribution in [3.8, 4) is 0 Å². The maximum Gasteiger partial charge on any atom is 0.320 e. The number of carboxylic acid groups (broad SMARTS) is 2. The van der Waals surface area contributed by atoms with Crippen LogP contribution >= 0.6 is 0 Å². The van der Waals surface area contributed by atoms with E-state index in [1.807, 2.05) is 30.3 Å². The van der Waals surface area contributed by atoms with Crippen LogP contribution in [0.3, 0.4) is 0 Å². The number of aliphatic carboxylic acids is 2. The van der Waals surface area contributed by atoms with Crippen LogP contribution in [0, 0.1) is 5.41 Å². The van der Waals surface area contributed by atoms with E-state index in [4.69, 9.17) is 21.7 Å². The van der Waals surface area contributed by atoms with Crippen LogP contribution in [0.4, 0.5) is 0 Å². The lowest BCUT2D eigenvalue weighted by Crippen LogP contribution is -2.34. The van der Waals surface area contributed by atoms with Gasteiger partial charge in [0.25, 0.3) is 0 Å². The molecule has 1 atom stereocenters. The number of hydrogen-bond donors (Lipinski definition) is 4. The standard InChI is InChI=1S/C9H17NO2.C9H11NO2/c10-7-9(6-8(11)12)4-2-1-3-5-9;10-8(9(11)12)6-7-4-2-1-3-5-7/h1-7,10H2,(H,11,12);1-5,8H,6,10H2,(H,11,12)/t;8-/m.0/s1. The molecule has 1 aromatic rings. The summed E-state index contributed by atoms with van der Waals surface area (Å²) >= 11 is 0. The van der Waals surface area contributed by atoms with E-state index < -0.39 is 18.0 Å². The second-order valence-electron chi connectivity index (χ2n) is 6.47. The minimum Gasteiger partial charge on any atom is -0.481 e. The van der Waals surface area contributed by atoms with Crippen LogP contribution in [-0.4, -0.2) is 34.7 Å². The lowest BCUT2D eigenvalue weighted by Gasteiger charge is -2.34. The number of carboxylic acids is 2. The molecule has 0 saturated heterocycles. The van der Waals surface area contributed by atoms with E-state index in [2.05, 4.69) is 0 Å². The van der Waals surface area contributed by atoms with E-state index in [9.17, 15) is 9.59 Å². The molecule has 1 fully saturated rings. The van der Waals surface area contributed by atoms with E-state index >= 15 is 0 Å². The summed E-state index contributed by atoms with van der Waals surface area (Å²) in [7, 11) is 0. The molecule has 1 aromatic carbocycles. The van der Waals surface area contributed by atoms with Gasteiger partial charge in [-0.2, -0.15) is 0 Å². The molecule has 1 aliphatic rings. The molecule has 0 radical (unpaired) electrons. The third kappa shape index (κ3) is 7.10. The fraction of sp³-hybridized carbons (Fsp3) is 0.556. The van der Waals surface area contributed by atoms with Crippen molar-refractivity contribution < 1.29 is 19.8 Å². The molecule has 0 unspecified atom stereocenters. The number of benzene rings is 1. The summed E-state index contributed by atoms with van der Waals surface area (Å²) in [5.41, 5.74) is 11.8. The zero-order chi connectivity index (χ0) is 18.0. The summed E-state index contributed by atoms with van der Waals surface area (Å²) in [6.45, 7) is 0.527. The third-order valence-electron chi connectivity index (χ3n) is 4.49. The van der Waals surface area contributed by atoms with Gasteiger partial charge in [-0.3, -0.25) is 9.59 Å². The zero-order valence-corrected chi connectivity index (χ0v) is 14.0. The Hall–Kier alpha value is -1.92. The largest absolute Gasteiger partial charge is 0.481 e. The molecule has 134 valence electrons. The Labute approximate surface area is 142 Å². The molecule has 0 bridgehead atoms. The van der Waals surface area contributed by atoms with Gasteiger partial charge in [0.15, 0.2) is 0 Å². The van der Waals surface area contributed by atoms with E-state index in [1.54, 1.807) is 0 Å². The van der Waals surface area contributed by atoms with Crippen molar-refractivity contribution in [1.82, 2.24) is 0 Å². The van der Waals surface area contributed by atoms with Gasteiger partial charge >= 0.3 is 11.9 Å². The predicted octanol–water partition coefficient (Wildman–Crippen LogP) is 2.01. The van der Waals surface area contributed by atoms with Gasteiger partial charge in [-0.1, -0.05) is 49.6 Å². The molecule has 0 aliphatic heterocycles. The molecule has 1 aliphatic carbocycles. The molecular formula is C18H28N2O4. The fourth-order valence-corrected chi connectivity index (χ4v) is 3.03. The van der Waals surface area contributed by atoms with Crippen LogP contribution in [0.25, 0.3) is 0 Å². The van der Waals surface area contributed by atoms with Crippen molar-refractivity contribution in [2.45, 2.75) is 51.0 Å². The molecule has 2 rings (SSSR count). The van der Waals surface area contributed by atoms with Gasteiger partial charge in [0.05, 0.1) is 6.42 Å². The van der Waals surface area contributed by atoms with Gasteiger partial charge in [-0.15, -0.1) is 0 Å². The molecule has 0 heterocycles. The van der Waals surface area contributed by atoms with Crippen LogP contribution in [0.5, 0.6) is 0 Å². The van der Waals surface area contributed by atoms with Gasteiger partial charge in [0.1, 0.15) is 6.04 Å². The molecular weight excluding hydrogens is 308 g/mol. The van der Waals surface area contributed by atoms with Gasteiger partial charge in [0, 0.05) is 0 Å². The molecule has 1 saturated carbocycles. The van der Waals surface area contributed by atoms with Crippen LogP contribution in [0.2, 0.25) is 0 Å². The van der Waals surface area contributed by atoms with Gasteiger partial charge in [-0.25, -0.2) is 0 Å². The highest BCUT2D eigenvalue weighted by Gasteiger charge is 2.32. The fourth-order valence-electron chi connectivity index (χ4n) is 3.03. The monoisotopic (exact) mass is 336 g/mol. The minimum atomic E-state index is -0.959. The SMILES string of the molecule is NCC1(CC(=O)O)CCCCC1.N[C@@H](Cc1ccccc1)C(=O)O. The van der Waals surface area contributed by atoms with E-state index in [1.165, 1.54) is 6.42 Å². The van der Waals surface area contributed by atoms with Crippen molar-refractivity contribution in [3.63, 3.8) is 0 Å². The second-order valence-corrected chi connectivity index (χ2v) is 6.47. The van der Waals surface area contributed by atoms with Crippen molar-refractivity contribution in [2.75, 3.05) is 6.54 Å². The zero-order valence-electron chi connectivity index (χ0n) is 14.0. The summed E-state index contributed by atoms with van der Waals surface area (Å²) in [6.07, 6.45) is 6.15. The first-order valence-electron chi connectivity index (χ1n) is 8.33. The number of carbonyl (C=O) groups is 2. The first-order valence-corrected chi connectivity index (χ1v) is 8.33. The van der Waals surface area contributed by atoms with Gasteiger partial charge in [0.2, 0.25) is 0 Å². The Kier molecular flexibility index (Phi) is 8.43. The molecule has 6 heteroatoms. The first kappa shape index (κ1) is 20.1. The summed E-state index contributed by atoms with van der Waals surface area (Å²) < 4.78 is 0. The quantitative estimate of drug-likeness (QED) is 0.629. The van der Waals surface area contributed by atoms with Gasteiger partial charge < -0.3 is 21.7 Å². The Morgan fingerprint density at radius 2 is 1.67 bits per heavy atom. The molecule has 0 spiro atoms. The summed E-state index contributed by atoms with van der Waals surface area (Å²) in [5, 5.41) is 17.2. The number of rotatable bonds is 6. The van der Waals surface area contributed by atoms with Crippen LogP contribution in [-0.2, 0) is 16.0 Å². The Balaban J connectivity index is 0.000000240. The van der Waals surface area contributed by atoms with Crippen molar-refractivity contribution in [3.05, 3.63) is 35.9 Å². The highest BCUT2D eigenvalue weighted by Crippen LogP contribution is 2.38. The van der Waals surface area contributed by atoms with E-state index in [-0.39, 0.29) is 11.8 Å². The number of nitrogens with two attached hydrogens (primary N) is 2. The summed E-state index contributed by atoms with van der Waals surface area (Å²) in [4.78, 5) is 21.0. The molecule has 6 nitrogen and oxygen atoms in total. The van der Waals surface area contributed by atoms with Crippen LogP contribution < -0.4 is 11.5 Å². The Morgan fingerprint density at radius 3 is 2.12 bits per heavy atom. The molecule has 0 aromatic heterocycles. The van der Waals surface area contributed by atoms with Crippen molar-refractivity contribution in [1.29, 1.82) is 0 Å². The van der Waals surface area contributed by atoms with Crippen molar-refractivity contribution >= 4 is 11.9 Å². The Morgan fingerprint density at radius 1 is 1.08 bits per heavy atom. The van der Waals surface area contributed by atoms with Gasteiger partial charge in [-0.05, 0) is 36.8 Å². The maximum absolute atomic E-state index is 10.6. The topological polar surface area (TPSA) is 127 Å². The average Bonchev–Trinajstić information content (AvgIpc) is 2.56. The molecule has 6 N–H and O–H groups in total. The number of hydrogen-bond acceptors (Lipinski definition) is 4. The lowest BCUT2D eigenvalue weighted by atomic mass is 9.72. The van der Waals surface area contributed by atoms with Crippen molar-refractivity contribution in [2.24, 2.45) is 16.9 Å². The predicted molar refractivity (Wildman–Crippen MR) is 92.6 cm³/mol. The van der Waals surface area contributed by atoms with Crippen LogP contribution in [0.15, 0.2) is 30.3 Å². The second kappa shape index (κ2) is 10.1.